The molecule has 9 heteroatoms. The Morgan fingerprint density at radius 2 is 1.96 bits per heavy atom. The SMILES string of the molecule is Cc1sc2c(NC(=O)c3cccnc3)cnc(NC(=O)OC(C)(C)C)c2c1Br. The topological polar surface area (TPSA) is 93.2 Å². The summed E-state index contributed by atoms with van der Waals surface area (Å²) in [6, 6.07) is 3.38. The van der Waals surface area contributed by atoms with Crippen molar-refractivity contribution in [2.75, 3.05) is 10.6 Å². The molecule has 0 unspecified atom stereocenters. The number of hydrogen-bond acceptors (Lipinski definition) is 6. The van der Waals surface area contributed by atoms with Crippen molar-refractivity contribution in [2.45, 2.75) is 33.3 Å². The fraction of sp³-hybridized carbons (Fsp3) is 0.263. The average molecular weight is 463 g/mol. The van der Waals surface area contributed by atoms with Crippen LogP contribution in [0, 0.1) is 6.92 Å². The van der Waals surface area contributed by atoms with E-state index in [0.29, 0.717) is 22.5 Å². The second-order valence-corrected chi connectivity index (χ2v) is 9.04. The maximum atomic E-state index is 12.5. The average Bonchev–Trinajstić information content (AvgIpc) is 2.92. The summed E-state index contributed by atoms with van der Waals surface area (Å²) in [7, 11) is 0. The molecule has 2 amide bonds. The number of nitrogens with one attached hydrogen (secondary N) is 2. The number of ether oxygens (including phenoxy) is 1. The molecule has 3 aromatic heterocycles. The van der Waals surface area contributed by atoms with Crippen molar-refractivity contribution < 1.29 is 14.3 Å². The second kappa shape index (κ2) is 7.84. The first-order valence-corrected chi connectivity index (χ1v) is 10.1. The molecular weight excluding hydrogens is 444 g/mol. The van der Waals surface area contributed by atoms with Crippen LogP contribution in [0.2, 0.25) is 0 Å². The molecule has 0 aromatic carbocycles. The molecule has 2 N–H and O–H groups in total. The van der Waals surface area contributed by atoms with Gasteiger partial charge in [-0.1, -0.05) is 0 Å². The van der Waals surface area contributed by atoms with Crippen LogP contribution >= 0.6 is 27.3 Å². The van der Waals surface area contributed by atoms with Crippen LogP contribution in [0.4, 0.5) is 16.3 Å². The van der Waals surface area contributed by atoms with Crippen LogP contribution < -0.4 is 10.6 Å². The largest absolute Gasteiger partial charge is 0.444 e. The van der Waals surface area contributed by atoms with Gasteiger partial charge in [-0.2, -0.15) is 0 Å². The number of hydrogen-bond donors (Lipinski definition) is 2. The Hall–Kier alpha value is -2.52. The molecule has 146 valence electrons. The van der Waals surface area contributed by atoms with Gasteiger partial charge in [0, 0.05) is 21.7 Å². The number of nitrogens with zero attached hydrogens (tertiary/aromatic N) is 2. The summed E-state index contributed by atoms with van der Waals surface area (Å²) >= 11 is 5.04. The van der Waals surface area contributed by atoms with Crippen molar-refractivity contribution >= 4 is 60.9 Å². The van der Waals surface area contributed by atoms with Gasteiger partial charge in [-0.15, -0.1) is 11.3 Å². The number of aromatic nitrogens is 2. The number of aryl methyl sites for hydroxylation is 1. The zero-order valence-corrected chi connectivity index (χ0v) is 18.2. The van der Waals surface area contributed by atoms with Gasteiger partial charge >= 0.3 is 6.09 Å². The molecular formula is C19H19BrN4O3S. The van der Waals surface area contributed by atoms with Crippen LogP contribution in [-0.2, 0) is 4.74 Å². The number of carbonyl (C=O) groups excluding carboxylic acids is 2. The lowest BCUT2D eigenvalue weighted by molar-refractivity contribution is 0.0635. The molecule has 3 heterocycles. The summed E-state index contributed by atoms with van der Waals surface area (Å²) in [4.78, 5) is 34.0. The van der Waals surface area contributed by atoms with Crippen molar-refractivity contribution in [3.8, 4) is 0 Å². The van der Waals surface area contributed by atoms with Gasteiger partial charge in [0.25, 0.3) is 5.91 Å². The molecule has 0 radical (unpaired) electrons. The van der Waals surface area contributed by atoms with Crippen LogP contribution in [0.15, 0.2) is 35.2 Å². The Kier molecular flexibility index (Phi) is 5.66. The van der Waals surface area contributed by atoms with E-state index in [1.165, 1.54) is 23.7 Å². The summed E-state index contributed by atoms with van der Waals surface area (Å²) in [6.45, 7) is 7.31. The summed E-state index contributed by atoms with van der Waals surface area (Å²) in [5.74, 6) is 0.0751. The predicted molar refractivity (Wildman–Crippen MR) is 114 cm³/mol. The number of carbonyl (C=O) groups is 2. The predicted octanol–water partition coefficient (Wildman–Crippen LogP) is 5.36. The Bertz CT molecular complexity index is 1040. The Balaban J connectivity index is 1.96. The highest BCUT2D eigenvalue weighted by Crippen LogP contribution is 2.42. The molecule has 0 aliphatic heterocycles. The standard InChI is InChI=1S/C19H19BrN4O3S/c1-10-14(20)13-15(28-10)12(23-17(25)11-6-5-7-21-8-11)9-22-16(13)24-18(26)27-19(2,3)4/h5-9H,1-4H3,(H,23,25)(H,22,24,26). The number of anilines is 2. The highest BCUT2D eigenvalue weighted by molar-refractivity contribution is 9.10. The van der Waals surface area contributed by atoms with Crippen LogP contribution in [0.25, 0.3) is 10.1 Å². The molecule has 0 atom stereocenters. The first-order valence-electron chi connectivity index (χ1n) is 8.44. The lowest BCUT2D eigenvalue weighted by atomic mass is 10.2. The first kappa shape index (κ1) is 20.2. The number of amides is 2. The van der Waals surface area contributed by atoms with Gasteiger partial charge < -0.3 is 10.1 Å². The summed E-state index contributed by atoms with van der Waals surface area (Å²) in [5, 5.41) is 6.26. The van der Waals surface area contributed by atoms with E-state index < -0.39 is 11.7 Å². The van der Waals surface area contributed by atoms with E-state index in [1.807, 2.05) is 6.92 Å². The third-order valence-corrected chi connectivity index (χ3v) is 6.00. The molecule has 0 fully saturated rings. The number of pyridine rings is 2. The van der Waals surface area contributed by atoms with Crippen molar-refractivity contribution in [3.63, 3.8) is 0 Å². The van der Waals surface area contributed by atoms with Gasteiger partial charge in [-0.05, 0) is 55.8 Å². The highest BCUT2D eigenvalue weighted by atomic mass is 79.9. The normalized spacial score (nSPS) is 11.3. The van der Waals surface area contributed by atoms with Crippen LogP contribution in [0.3, 0.4) is 0 Å². The van der Waals surface area contributed by atoms with E-state index >= 15 is 0 Å². The third-order valence-electron chi connectivity index (χ3n) is 3.61. The molecule has 0 aliphatic carbocycles. The van der Waals surface area contributed by atoms with Gasteiger partial charge in [-0.3, -0.25) is 15.1 Å². The van der Waals surface area contributed by atoms with E-state index in [4.69, 9.17) is 4.74 Å². The highest BCUT2D eigenvalue weighted by Gasteiger charge is 2.21. The minimum Gasteiger partial charge on any atom is -0.444 e. The van der Waals surface area contributed by atoms with Crippen LogP contribution in [0.5, 0.6) is 0 Å². The van der Waals surface area contributed by atoms with Crippen molar-refractivity contribution in [3.05, 3.63) is 45.6 Å². The molecule has 3 rings (SSSR count). The number of rotatable bonds is 3. The lowest BCUT2D eigenvalue weighted by Crippen LogP contribution is -2.27. The minimum absolute atomic E-state index is 0.286. The molecule has 0 aliphatic rings. The monoisotopic (exact) mass is 462 g/mol. The minimum atomic E-state index is -0.622. The van der Waals surface area contributed by atoms with E-state index in [1.54, 1.807) is 39.1 Å². The van der Waals surface area contributed by atoms with Gasteiger partial charge in [0.1, 0.15) is 11.4 Å². The molecule has 28 heavy (non-hydrogen) atoms. The maximum Gasteiger partial charge on any atom is 0.413 e. The fourth-order valence-corrected chi connectivity index (χ4v) is 4.23. The molecule has 0 saturated carbocycles. The first-order chi connectivity index (χ1) is 13.2. The van der Waals surface area contributed by atoms with Crippen molar-refractivity contribution in [2.24, 2.45) is 0 Å². The molecule has 0 saturated heterocycles. The van der Waals surface area contributed by atoms with Gasteiger partial charge in [0.05, 0.1) is 27.5 Å². The molecule has 0 spiro atoms. The molecule has 0 bridgehead atoms. The second-order valence-electron chi connectivity index (χ2n) is 7.02. The summed E-state index contributed by atoms with van der Waals surface area (Å²) in [6.07, 6.45) is 4.02. The quantitative estimate of drug-likeness (QED) is 0.546. The van der Waals surface area contributed by atoms with E-state index in [0.717, 1.165) is 14.0 Å². The van der Waals surface area contributed by atoms with Gasteiger partial charge in [0.15, 0.2) is 0 Å². The number of fused-ring (bicyclic) bond motifs is 1. The number of thiophene rings is 1. The Labute approximate surface area is 174 Å². The maximum absolute atomic E-state index is 12.5. The third kappa shape index (κ3) is 4.48. The van der Waals surface area contributed by atoms with Crippen molar-refractivity contribution in [1.29, 1.82) is 0 Å². The zero-order chi connectivity index (χ0) is 20.5. The molecule has 3 aromatic rings. The number of halogens is 1. The van der Waals surface area contributed by atoms with Gasteiger partial charge in [-0.25, -0.2) is 9.78 Å². The molecule has 7 nitrogen and oxygen atoms in total. The Morgan fingerprint density at radius 3 is 2.61 bits per heavy atom. The van der Waals surface area contributed by atoms with E-state index in [-0.39, 0.29) is 5.91 Å². The smallest absolute Gasteiger partial charge is 0.413 e. The van der Waals surface area contributed by atoms with Crippen molar-refractivity contribution in [1.82, 2.24) is 9.97 Å². The lowest BCUT2D eigenvalue weighted by Gasteiger charge is -2.19. The van der Waals surface area contributed by atoms with E-state index in [9.17, 15) is 9.59 Å². The Morgan fingerprint density at radius 1 is 1.21 bits per heavy atom. The van der Waals surface area contributed by atoms with Crippen LogP contribution in [-0.4, -0.2) is 27.6 Å². The zero-order valence-electron chi connectivity index (χ0n) is 15.8. The fourth-order valence-electron chi connectivity index (χ4n) is 2.45. The summed E-state index contributed by atoms with van der Waals surface area (Å²) in [5.41, 5.74) is 0.374. The van der Waals surface area contributed by atoms with Crippen LogP contribution in [0.1, 0.15) is 36.0 Å². The van der Waals surface area contributed by atoms with E-state index in [2.05, 4.69) is 36.5 Å². The summed E-state index contributed by atoms with van der Waals surface area (Å²) < 4.78 is 6.91. The van der Waals surface area contributed by atoms with Gasteiger partial charge in [0.2, 0.25) is 0 Å².